The zero-order valence-corrected chi connectivity index (χ0v) is 19.4. The second kappa shape index (κ2) is 9.43. The first-order chi connectivity index (χ1) is 14.3. The summed E-state index contributed by atoms with van der Waals surface area (Å²) in [6, 6.07) is 21.2. The first-order valence-corrected chi connectivity index (χ1v) is 11.6. The zero-order chi connectivity index (χ0) is 19.7. The van der Waals surface area contributed by atoms with E-state index in [1.807, 2.05) is 17.8 Å². The number of fused-ring (bicyclic) bond motifs is 3. The number of quaternary nitrogens is 1. The van der Waals surface area contributed by atoms with E-state index in [0.29, 0.717) is 11.3 Å². The van der Waals surface area contributed by atoms with Crippen molar-refractivity contribution in [3.05, 3.63) is 66.2 Å². The number of esters is 1. The summed E-state index contributed by atoms with van der Waals surface area (Å²) in [4.78, 5) is 21.2. The van der Waals surface area contributed by atoms with Crippen LogP contribution >= 0.6 is 11.8 Å². The molecule has 0 saturated carbocycles. The third kappa shape index (κ3) is 4.20. The SMILES string of the molecule is O=C1OCC[C@H](Sc2ccccc2)[C@H]2O[N+]3(Cc4ccccc4)CCCC[C@@H]3[C@@H]12.[Br-]. The molecule has 2 aromatic carbocycles. The van der Waals surface area contributed by atoms with E-state index in [0.717, 1.165) is 38.8 Å². The number of carbonyl (C=O) groups excluding carboxylic acids is 1. The van der Waals surface area contributed by atoms with Crippen LogP contribution in [0.2, 0.25) is 0 Å². The summed E-state index contributed by atoms with van der Waals surface area (Å²) in [5, 5.41) is 0.227. The van der Waals surface area contributed by atoms with Gasteiger partial charge in [0.15, 0.2) is 0 Å². The number of benzene rings is 2. The lowest BCUT2D eigenvalue weighted by Crippen LogP contribution is -3.00. The van der Waals surface area contributed by atoms with Crippen molar-refractivity contribution in [2.45, 2.75) is 54.5 Å². The Hall–Kier alpha value is -1.34. The normalized spacial score (nSPS) is 32.9. The van der Waals surface area contributed by atoms with Gasteiger partial charge in [-0.15, -0.1) is 11.8 Å². The number of hydrogen-bond acceptors (Lipinski definition) is 4. The Balaban J connectivity index is 0.00000218. The smallest absolute Gasteiger partial charge is 0.318 e. The van der Waals surface area contributed by atoms with E-state index in [9.17, 15) is 4.79 Å². The van der Waals surface area contributed by atoms with Gasteiger partial charge in [0, 0.05) is 22.1 Å². The molecule has 0 aliphatic carbocycles. The van der Waals surface area contributed by atoms with Crippen LogP contribution < -0.4 is 17.0 Å². The van der Waals surface area contributed by atoms with Crippen LogP contribution in [0, 0.1) is 5.92 Å². The van der Waals surface area contributed by atoms with Crippen molar-refractivity contribution in [2.75, 3.05) is 13.2 Å². The highest BCUT2D eigenvalue weighted by Crippen LogP contribution is 2.48. The van der Waals surface area contributed by atoms with Gasteiger partial charge in [0.25, 0.3) is 0 Å². The molecule has 1 unspecified atom stereocenters. The molecule has 3 fully saturated rings. The van der Waals surface area contributed by atoms with Gasteiger partial charge in [-0.2, -0.15) is 9.48 Å². The van der Waals surface area contributed by atoms with Gasteiger partial charge >= 0.3 is 5.97 Å². The van der Waals surface area contributed by atoms with Gasteiger partial charge in [-0.05, 0) is 31.4 Å². The highest BCUT2D eigenvalue weighted by Gasteiger charge is 2.63. The van der Waals surface area contributed by atoms with E-state index in [2.05, 4.69) is 54.6 Å². The first-order valence-electron chi connectivity index (χ1n) is 10.7. The molecular weight excluding hydrogens is 462 g/mol. The zero-order valence-electron chi connectivity index (χ0n) is 17.0. The van der Waals surface area contributed by atoms with E-state index in [4.69, 9.17) is 9.57 Å². The summed E-state index contributed by atoms with van der Waals surface area (Å²) in [5.74, 6) is -0.214. The fourth-order valence-electron chi connectivity index (χ4n) is 5.32. The third-order valence-electron chi connectivity index (χ3n) is 6.60. The molecular formula is C24H28BrNO3S. The Kier molecular flexibility index (Phi) is 6.88. The lowest BCUT2D eigenvalue weighted by atomic mass is 9.86. The summed E-state index contributed by atoms with van der Waals surface area (Å²) in [6.07, 6.45) is 4.09. The summed E-state index contributed by atoms with van der Waals surface area (Å²) < 4.78 is 6.27. The highest BCUT2D eigenvalue weighted by molar-refractivity contribution is 8.00. The maximum Gasteiger partial charge on any atom is 0.318 e. The van der Waals surface area contributed by atoms with Crippen LogP contribution in [-0.2, 0) is 20.9 Å². The number of halogens is 1. The van der Waals surface area contributed by atoms with Crippen molar-refractivity contribution in [2.24, 2.45) is 5.92 Å². The third-order valence-corrected chi connectivity index (χ3v) is 7.95. The average molecular weight is 490 g/mol. The standard InChI is InChI=1S/C24H28NO3S.BrH/c26-24-22-20-13-7-8-15-25(20,17-18-9-3-1-4-10-18)28-23(22)21(14-16-27-24)29-19-11-5-2-6-12-19;/h1-6,9-12,20-23H,7-8,13-17H2;1H/q+1;/p-1/t20-,21+,22-,23-,25?;/m1./s1. The van der Waals surface area contributed by atoms with Crippen LogP contribution in [0.1, 0.15) is 31.2 Å². The lowest BCUT2D eigenvalue weighted by Gasteiger charge is -2.40. The number of carbonyl (C=O) groups is 1. The molecule has 3 aliphatic rings. The number of hydroxylamine groups is 3. The molecule has 6 heteroatoms. The van der Waals surface area contributed by atoms with Gasteiger partial charge in [-0.3, -0.25) is 4.79 Å². The molecule has 0 N–H and O–H groups in total. The van der Waals surface area contributed by atoms with Crippen LogP contribution in [0.3, 0.4) is 0 Å². The number of rotatable bonds is 4. The van der Waals surface area contributed by atoms with Crippen molar-refractivity contribution in [1.82, 2.24) is 0 Å². The maximum atomic E-state index is 13.0. The number of cyclic esters (lactones) is 1. The topological polar surface area (TPSA) is 35.5 Å². The molecule has 5 atom stereocenters. The molecule has 0 aromatic heterocycles. The number of piperidine rings is 1. The maximum absolute atomic E-state index is 13.0. The largest absolute Gasteiger partial charge is 1.00 e. The molecule has 30 heavy (non-hydrogen) atoms. The van der Waals surface area contributed by atoms with E-state index in [1.165, 1.54) is 10.5 Å². The summed E-state index contributed by atoms with van der Waals surface area (Å²) >= 11 is 1.84. The van der Waals surface area contributed by atoms with Crippen molar-refractivity contribution < 1.29 is 36.0 Å². The number of thioether (sulfide) groups is 1. The van der Waals surface area contributed by atoms with E-state index < -0.39 is 0 Å². The lowest BCUT2D eigenvalue weighted by molar-refractivity contribution is -1.12. The second-order valence-corrected chi connectivity index (χ2v) is 9.72. The van der Waals surface area contributed by atoms with Gasteiger partial charge < -0.3 is 21.7 Å². The number of ether oxygens (including phenoxy) is 1. The monoisotopic (exact) mass is 489 g/mol. The predicted octanol–water partition coefficient (Wildman–Crippen LogP) is 1.60. The summed E-state index contributed by atoms with van der Waals surface area (Å²) in [6.45, 7) is 2.29. The molecule has 0 bridgehead atoms. The molecule has 4 nitrogen and oxygen atoms in total. The minimum Gasteiger partial charge on any atom is -1.00 e. The molecule has 5 rings (SSSR count). The van der Waals surface area contributed by atoms with E-state index >= 15 is 0 Å². The van der Waals surface area contributed by atoms with Gasteiger partial charge in [-0.25, -0.2) is 0 Å². The molecule has 3 heterocycles. The fraction of sp³-hybridized carbons (Fsp3) is 0.458. The van der Waals surface area contributed by atoms with E-state index in [1.54, 1.807) is 0 Å². The molecule has 0 spiro atoms. The van der Waals surface area contributed by atoms with Crippen molar-refractivity contribution >= 4 is 17.7 Å². The minimum absolute atomic E-state index is 0. The summed E-state index contributed by atoms with van der Waals surface area (Å²) in [5.41, 5.74) is 1.27. The Labute approximate surface area is 193 Å². The number of hydrogen-bond donors (Lipinski definition) is 0. The quantitative estimate of drug-likeness (QED) is 0.482. The second-order valence-electron chi connectivity index (χ2n) is 8.40. The van der Waals surface area contributed by atoms with Crippen LogP contribution in [0.15, 0.2) is 65.6 Å². The van der Waals surface area contributed by atoms with E-state index in [-0.39, 0.29) is 46.3 Å². The van der Waals surface area contributed by atoms with Gasteiger partial charge in [0.2, 0.25) is 0 Å². The number of nitrogens with zero attached hydrogens (tertiary/aromatic N) is 1. The van der Waals surface area contributed by atoms with Gasteiger partial charge in [0.05, 0.1) is 6.61 Å². The minimum atomic E-state index is -0.164. The van der Waals surface area contributed by atoms with Crippen molar-refractivity contribution in [1.29, 1.82) is 0 Å². The van der Waals surface area contributed by atoms with Crippen LogP contribution in [0.4, 0.5) is 0 Å². The molecule has 3 saturated heterocycles. The molecule has 2 aromatic rings. The highest BCUT2D eigenvalue weighted by atomic mass is 79.9. The van der Waals surface area contributed by atoms with Gasteiger partial charge in [0.1, 0.15) is 31.2 Å². The van der Waals surface area contributed by atoms with Crippen molar-refractivity contribution in [3.8, 4) is 0 Å². The molecule has 0 radical (unpaired) electrons. The fourth-order valence-corrected chi connectivity index (χ4v) is 6.55. The predicted molar refractivity (Wildman–Crippen MR) is 113 cm³/mol. The Bertz CT molecular complexity index is 852. The Morgan fingerprint density at radius 3 is 2.47 bits per heavy atom. The van der Waals surface area contributed by atoms with Crippen molar-refractivity contribution in [3.63, 3.8) is 0 Å². The van der Waals surface area contributed by atoms with Crippen LogP contribution in [-0.4, -0.2) is 41.2 Å². The van der Waals surface area contributed by atoms with Crippen LogP contribution in [0.5, 0.6) is 0 Å². The first kappa shape index (κ1) is 21.9. The van der Waals surface area contributed by atoms with Gasteiger partial charge in [-0.1, -0.05) is 48.5 Å². The molecule has 3 aliphatic heterocycles. The Morgan fingerprint density at radius 1 is 0.967 bits per heavy atom. The molecule has 0 amide bonds. The average Bonchev–Trinajstić information content (AvgIpc) is 3.01. The van der Waals surface area contributed by atoms with Crippen LogP contribution in [0.25, 0.3) is 0 Å². The summed E-state index contributed by atoms with van der Waals surface area (Å²) in [7, 11) is 0. The molecule has 160 valence electrons. The Morgan fingerprint density at radius 2 is 1.70 bits per heavy atom.